The summed E-state index contributed by atoms with van der Waals surface area (Å²) in [6.45, 7) is 3.04. The van der Waals surface area contributed by atoms with Gasteiger partial charge in [-0.15, -0.1) is 6.42 Å². The molecule has 8 heteroatoms. The quantitative estimate of drug-likeness (QED) is 0.737. The summed E-state index contributed by atoms with van der Waals surface area (Å²) in [5.41, 5.74) is -0.177. The minimum absolute atomic E-state index is 0.135. The Morgan fingerprint density at radius 1 is 1.61 bits per heavy atom. The van der Waals surface area contributed by atoms with Crippen molar-refractivity contribution in [1.82, 2.24) is 14.5 Å². The maximum atomic E-state index is 12.2. The number of terminal acetylenes is 1. The Hall–Kier alpha value is -1.85. The average Bonchev–Trinajstić information content (AvgIpc) is 2.68. The Balaban J connectivity index is 3.38. The number of hydrogen-bond donors (Lipinski definition) is 2. The van der Waals surface area contributed by atoms with Gasteiger partial charge in [0.25, 0.3) is 10.0 Å². The summed E-state index contributed by atoms with van der Waals surface area (Å²) in [5, 5.41) is 14.4. The Kier molecular flexibility index (Phi) is 4.11. The SMILES string of the molecule is C#CCN(CC)S(=O)(=O)c1n[nH]c(C)c1C(=O)O. The van der Waals surface area contributed by atoms with E-state index in [9.17, 15) is 13.2 Å². The summed E-state index contributed by atoms with van der Waals surface area (Å²) in [5.74, 6) is 0.861. The molecule has 1 rings (SSSR count). The van der Waals surface area contributed by atoms with Gasteiger partial charge in [-0.05, 0) is 6.92 Å². The molecule has 0 bridgehead atoms. The maximum Gasteiger partial charge on any atom is 0.340 e. The normalized spacial score (nSPS) is 11.4. The molecule has 0 spiro atoms. The highest BCUT2D eigenvalue weighted by molar-refractivity contribution is 7.89. The molecule has 0 amide bonds. The van der Waals surface area contributed by atoms with E-state index in [4.69, 9.17) is 11.5 Å². The van der Waals surface area contributed by atoms with Gasteiger partial charge in [0.1, 0.15) is 5.56 Å². The molecule has 1 heterocycles. The molecule has 0 aromatic carbocycles. The topological polar surface area (TPSA) is 103 Å². The highest BCUT2D eigenvalue weighted by atomic mass is 32.2. The predicted octanol–water partition coefficient (Wildman–Crippen LogP) is 0.0601. The van der Waals surface area contributed by atoms with Crippen LogP contribution in [0.3, 0.4) is 0 Å². The third-order valence-corrected chi connectivity index (χ3v) is 4.18. The van der Waals surface area contributed by atoms with Crippen molar-refractivity contribution in [2.24, 2.45) is 0 Å². The van der Waals surface area contributed by atoms with Crippen LogP contribution in [0.4, 0.5) is 0 Å². The van der Waals surface area contributed by atoms with E-state index in [1.165, 1.54) is 6.92 Å². The van der Waals surface area contributed by atoms with Crippen molar-refractivity contribution in [3.63, 3.8) is 0 Å². The number of aromatic nitrogens is 2. The van der Waals surface area contributed by atoms with Crippen LogP contribution >= 0.6 is 0 Å². The van der Waals surface area contributed by atoms with E-state index in [1.807, 2.05) is 0 Å². The van der Waals surface area contributed by atoms with Crippen molar-refractivity contribution in [1.29, 1.82) is 0 Å². The van der Waals surface area contributed by atoms with Crippen LogP contribution in [0, 0.1) is 19.3 Å². The fraction of sp³-hybridized carbons (Fsp3) is 0.400. The molecule has 18 heavy (non-hydrogen) atoms. The largest absolute Gasteiger partial charge is 0.478 e. The zero-order valence-electron chi connectivity index (χ0n) is 9.97. The van der Waals surface area contributed by atoms with E-state index >= 15 is 0 Å². The lowest BCUT2D eigenvalue weighted by Crippen LogP contribution is -2.32. The summed E-state index contributed by atoms with van der Waals surface area (Å²) in [7, 11) is -4.00. The minimum Gasteiger partial charge on any atom is -0.478 e. The molecule has 98 valence electrons. The second-order valence-corrected chi connectivity index (χ2v) is 5.32. The van der Waals surface area contributed by atoms with E-state index in [0.717, 1.165) is 4.31 Å². The van der Waals surface area contributed by atoms with Gasteiger partial charge in [-0.2, -0.15) is 9.40 Å². The van der Waals surface area contributed by atoms with E-state index in [0.29, 0.717) is 0 Å². The fourth-order valence-corrected chi connectivity index (χ4v) is 2.92. The standard InChI is InChI=1S/C10H13N3O4S/c1-4-6-13(5-2)18(16,17)9-8(10(14)15)7(3)11-12-9/h1H,5-6H2,2-3H3,(H,11,12)(H,14,15). The molecule has 0 aliphatic rings. The molecule has 1 aromatic rings. The number of aromatic amines is 1. The number of rotatable bonds is 5. The molecule has 7 nitrogen and oxygen atoms in total. The highest BCUT2D eigenvalue weighted by Gasteiger charge is 2.32. The number of carbonyl (C=O) groups is 1. The number of aryl methyl sites for hydroxylation is 1. The lowest BCUT2D eigenvalue weighted by atomic mass is 10.3. The molecule has 0 fully saturated rings. The fourth-order valence-electron chi connectivity index (χ4n) is 1.44. The number of nitrogens with one attached hydrogen (secondary N) is 1. The molecule has 0 aliphatic carbocycles. The van der Waals surface area contributed by atoms with Crippen LogP contribution in [-0.2, 0) is 10.0 Å². The van der Waals surface area contributed by atoms with Crippen molar-refractivity contribution in [2.45, 2.75) is 18.9 Å². The second-order valence-electron chi connectivity index (χ2n) is 3.47. The van der Waals surface area contributed by atoms with E-state index < -0.39 is 21.0 Å². The van der Waals surface area contributed by atoms with Gasteiger partial charge in [0.15, 0.2) is 0 Å². The summed E-state index contributed by atoms with van der Waals surface area (Å²) < 4.78 is 25.3. The lowest BCUT2D eigenvalue weighted by molar-refractivity contribution is 0.0691. The Labute approximate surface area is 105 Å². The number of carboxylic acid groups (broad SMARTS) is 1. The third kappa shape index (κ3) is 2.37. The van der Waals surface area contributed by atoms with Gasteiger partial charge < -0.3 is 5.11 Å². The van der Waals surface area contributed by atoms with Crippen molar-refractivity contribution in [3.05, 3.63) is 11.3 Å². The number of nitrogens with zero attached hydrogens (tertiary/aromatic N) is 2. The third-order valence-electron chi connectivity index (χ3n) is 2.33. The summed E-state index contributed by atoms with van der Waals surface area (Å²) in [4.78, 5) is 11.0. The van der Waals surface area contributed by atoms with Gasteiger partial charge in [0.2, 0.25) is 5.03 Å². The van der Waals surface area contributed by atoms with Crippen molar-refractivity contribution in [2.75, 3.05) is 13.1 Å². The van der Waals surface area contributed by atoms with Gasteiger partial charge in [0.05, 0.1) is 6.54 Å². The number of hydrogen-bond acceptors (Lipinski definition) is 4. The van der Waals surface area contributed by atoms with Crippen LogP contribution in [0.2, 0.25) is 0 Å². The smallest absolute Gasteiger partial charge is 0.340 e. The molecule has 0 atom stereocenters. The van der Waals surface area contributed by atoms with Crippen molar-refractivity contribution in [3.8, 4) is 12.3 Å². The Morgan fingerprint density at radius 2 is 2.22 bits per heavy atom. The van der Waals surface area contributed by atoms with Gasteiger partial charge in [-0.3, -0.25) is 5.10 Å². The zero-order valence-corrected chi connectivity index (χ0v) is 10.8. The molecule has 0 saturated heterocycles. The summed E-state index contributed by atoms with van der Waals surface area (Å²) in [6.07, 6.45) is 5.08. The van der Waals surface area contributed by atoms with Crippen LogP contribution < -0.4 is 0 Å². The number of carboxylic acids is 1. The second kappa shape index (κ2) is 5.20. The molecular formula is C10H13N3O4S. The first-order chi connectivity index (χ1) is 8.36. The Morgan fingerprint density at radius 3 is 2.67 bits per heavy atom. The van der Waals surface area contributed by atoms with Gasteiger partial charge in [-0.1, -0.05) is 12.8 Å². The molecular weight excluding hydrogens is 258 g/mol. The van der Waals surface area contributed by atoms with Gasteiger partial charge in [-0.25, -0.2) is 13.2 Å². The molecule has 0 saturated carbocycles. The van der Waals surface area contributed by atoms with Crippen LogP contribution in [0.25, 0.3) is 0 Å². The first-order valence-corrected chi connectivity index (χ1v) is 6.52. The highest BCUT2D eigenvalue weighted by Crippen LogP contribution is 2.20. The van der Waals surface area contributed by atoms with Crippen LogP contribution in [-0.4, -0.2) is 47.1 Å². The monoisotopic (exact) mass is 271 g/mol. The summed E-state index contributed by atoms with van der Waals surface area (Å²) >= 11 is 0. The van der Waals surface area contributed by atoms with Gasteiger partial charge >= 0.3 is 5.97 Å². The Bertz CT molecular complexity index is 597. The first kappa shape index (κ1) is 14.2. The van der Waals surface area contributed by atoms with E-state index in [1.54, 1.807) is 6.92 Å². The van der Waals surface area contributed by atoms with Crippen LogP contribution in [0.5, 0.6) is 0 Å². The number of H-pyrrole nitrogens is 1. The lowest BCUT2D eigenvalue weighted by Gasteiger charge is -2.16. The van der Waals surface area contributed by atoms with Crippen molar-refractivity contribution < 1.29 is 18.3 Å². The summed E-state index contributed by atoms with van der Waals surface area (Å²) in [6, 6.07) is 0. The average molecular weight is 271 g/mol. The molecule has 0 radical (unpaired) electrons. The van der Waals surface area contributed by atoms with Gasteiger partial charge in [0, 0.05) is 12.2 Å². The minimum atomic E-state index is -4.00. The van der Waals surface area contributed by atoms with E-state index in [-0.39, 0.29) is 24.3 Å². The molecule has 0 unspecified atom stereocenters. The van der Waals surface area contributed by atoms with Crippen LogP contribution in [0.15, 0.2) is 5.03 Å². The molecule has 0 aliphatic heterocycles. The van der Waals surface area contributed by atoms with Crippen LogP contribution in [0.1, 0.15) is 23.0 Å². The predicted molar refractivity (Wildman–Crippen MR) is 63.5 cm³/mol. The number of sulfonamides is 1. The zero-order chi connectivity index (χ0) is 13.9. The maximum absolute atomic E-state index is 12.2. The molecule has 2 N–H and O–H groups in total. The first-order valence-electron chi connectivity index (χ1n) is 5.08. The van der Waals surface area contributed by atoms with Crippen molar-refractivity contribution >= 4 is 16.0 Å². The molecule has 1 aromatic heterocycles. The van der Waals surface area contributed by atoms with E-state index in [2.05, 4.69) is 16.1 Å². The number of aromatic carboxylic acids is 1.